The Labute approximate surface area is 112 Å². The molecule has 4 heteroatoms. The van der Waals surface area contributed by atoms with E-state index in [0.29, 0.717) is 10.7 Å². The van der Waals surface area contributed by atoms with Crippen molar-refractivity contribution in [1.29, 1.82) is 0 Å². The zero-order valence-electron chi connectivity index (χ0n) is 10.4. The summed E-state index contributed by atoms with van der Waals surface area (Å²) in [6, 6.07) is 12.1. The molecule has 0 saturated carbocycles. The van der Waals surface area contributed by atoms with Crippen LogP contribution in [0.1, 0.15) is 11.3 Å². The fraction of sp³-hybridized carbons (Fsp3) is 0.143. The fourth-order valence-electron chi connectivity index (χ4n) is 1.65. The van der Waals surface area contributed by atoms with Gasteiger partial charge in [-0.05, 0) is 31.2 Å². The lowest BCUT2D eigenvalue weighted by atomic mass is 10.2. The number of nitrogens with zero attached hydrogens (tertiary/aromatic N) is 2. The summed E-state index contributed by atoms with van der Waals surface area (Å²) in [6.45, 7) is 2.07. The molecule has 0 atom stereocenters. The highest BCUT2D eigenvalue weighted by atomic mass is 32.1. The van der Waals surface area contributed by atoms with Gasteiger partial charge in [-0.3, -0.25) is 4.98 Å². The van der Waals surface area contributed by atoms with E-state index in [2.05, 4.69) is 41.1 Å². The average molecular weight is 257 g/mol. The van der Waals surface area contributed by atoms with Crippen molar-refractivity contribution < 1.29 is 0 Å². The highest BCUT2D eigenvalue weighted by molar-refractivity contribution is 7.80. The van der Waals surface area contributed by atoms with Gasteiger partial charge in [0.1, 0.15) is 4.99 Å². The van der Waals surface area contributed by atoms with Gasteiger partial charge in [0.15, 0.2) is 0 Å². The Morgan fingerprint density at radius 2 is 1.72 bits per heavy atom. The second-order valence-electron chi connectivity index (χ2n) is 4.16. The van der Waals surface area contributed by atoms with Gasteiger partial charge >= 0.3 is 0 Å². The Bertz CT molecular complexity index is 546. The number of hydrogen-bond donors (Lipinski definition) is 1. The summed E-state index contributed by atoms with van der Waals surface area (Å²) in [4.78, 5) is 6.62. The van der Waals surface area contributed by atoms with Gasteiger partial charge in [-0.2, -0.15) is 0 Å². The van der Waals surface area contributed by atoms with E-state index in [-0.39, 0.29) is 0 Å². The van der Waals surface area contributed by atoms with Crippen molar-refractivity contribution in [2.75, 3.05) is 11.9 Å². The molecule has 0 bridgehead atoms. The van der Waals surface area contributed by atoms with Gasteiger partial charge in [0.25, 0.3) is 0 Å². The van der Waals surface area contributed by atoms with Crippen molar-refractivity contribution in [2.24, 2.45) is 5.73 Å². The predicted octanol–water partition coefficient (Wildman–Crippen LogP) is 2.79. The third-order valence-electron chi connectivity index (χ3n) is 2.81. The second kappa shape index (κ2) is 5.14. The Morgan fingerprint density at radius 3 is 2.22 bits per heavy atom. The van der Waals surface area contributed by atoms with Crippen molar-refractivity contribution in [3.63, 3.8) is 0 Å². The quantitative estimate of drug-likeness (QED) is 0.859. The van der Waals surface area contributed by atoms with Crippen LogP contribution in [0.5, 0.6) is 0 Å². The molecule has 0 spiro atoms. The summed E-state index contributed by atoms with van der Waals surface area (Å²) in [5, 5.41) is 0. The number of anilines is 2. The lowest BCUT2D eigenvalue weighted by Gasteiger charge is -2.19. The number of nitrogens with two attached hydrogens (primary N) is 1. The first-order valence-corrected chi connectivity index (χ1v) is 6.05. The Hall–Kier alpha value is -1.94. The SMILES string of the molecule is Cc1ccc(N(C)c2ccc(C(N)=S)nc2)cc1. The smallest absolute Gasteiger partial charge is 0.122 e. The summed E-state index contributed by atoms with van der Waals surface area (Å²) < 4.78 is 0. The van der Waals surface area contributed by atoms with Crippen LogP contribution in [0.25, 0.3) is 0 Å². The van der Waals surface area contributed by atoms with Gasteiger partial charge < -0.3 is 10.6 Å². The average Bonchev–Trinajstić information content (AvgIpc) is 2.39. The van der Waals surface area contributed by atoms with Crippen LogP contribution in [0.2, 0.25) is 0 Å². The molecule has 0 aliphatic heterocycles. The molecule has 1 aromatic carbocycles. The van der Waals surface area contributed by atoms with Gasteiger partial charge in [0.2, 0.25) is 0 Å². The number of hydrogen-bond acceptors (Lipinski definition) is 3. The first kappa shape index (κ1) is 12.5. The molecule has 0 saturated heterocycles. The molecular weight excluding hydrogens is 242 g/mol. The fourth-order valence-corrected chi connectivity index (χ4v) is 1.77. The third kappa shape index (κ3) is 2.65. The number of thiocarbonyl (C=S) groups is 1. The summed E-state index contributed by atoms with van der Waals surface area (Å²) in [5.41, 5.74) is 9.53. The largest absolute Gasteiger partial charge is 0.388 e. The summed E-state index contributed by atoms with van der Waals surface area (Å²) >= 11 is 4.88. The van der Waals surface area contributed by atoms with Gasteiger partial charge in [0.05, 0.1) is 17.6 Å². The summed E-state index contributed by atoms with van der Waals surface area (Å²) in [7, 11) is 2.00. The van der Waals surface area contributed by atoms with Crippen LogP contribution in [-0.4, -0.2) is 17.0 Å². The summed E-state index contributed by atoms with van der Waals surface area (Å²) in [5.74, 6) is 0. The lowest BCUT2D eigenvalue weighted by molar-refractivity contribution is 1.17. The molecule has 18 heavy (non-hydrogen) atoms. The maximum absolute atomic E-state index is 5.52. The molecule has 0 amide bonds. The molecule has 0 radical (unpaired) electrons. The van der Waals surface area contributed by atoms with Crippen molar-refractivity contribution in [3.8, 4) is 0 Å². The molecule has 1 heterocycles. The van der Waals surface area contributed by atoms with E-state index in [4.69, 9.17) is 18.0 Å². The lowest BCUT2D eigenvalue weighted by Crippen LogP contribution is -2.13. The van der Waals surface area contributed by atoms with E-state index in [1.807, 2.05) is 19.2 Å². The van der Waals surface area contributed by atoms with E-state index in [1.165, 1.54) is 5.56 Å². The van der Waals surface area contributed by atoms with Gasteiger partial charge in [-0.15, -0.1) is 0 Å². The predicted molar refractivity (Wildman–Crippen MR) is 79.4 cm³/mol. The van der Waals surface area contributed by atoms with Crippen LogP contribution in [0.4, 0.5) is 11.4 Å². The molecule has 0 aliphatic rings. The standard InChI is InChI=1S/C14H15N3S/c1-10-3-5-11(6-4-10)17(2)12-7-8-13(14(15)18)16-9-12/h3-9H,1-2H3,(H2,15,18). The van der Waals surface area contributed by atoms with Crippen molar-refractivity contribution in [2.45, 2.75) is 6.92 Å². The molecule has 0 unspecified atom stereocenters. The first-order valence-electron chi connectivity index (χ1n) is 5.64. The third-order valence-corrected chi connectivity index (χ3v) is 3.02. The molecule has 2 N–H and O–H groups in total. The highest BCUT2D eigenvalue weighted by Crippen LogP contribution is 2.22. The van der Waals surface area contributed by atoms with Crippen LogP contribution in [-0.2, 0) is 0 Å². The molecule has 0 aliphatic carbocycles. The highest BCUT2D eigenvalue weighted by Gasteiger charge is 2.05. The zero-order valence-corrected chi connectivity index (χ0v) is 11.2. The maximum Gasteiger partial charge on any atom is 0.122 e. The van der Waals surface area contributed by atoms with E-state index in [0.717, 1.165) is 11.4 Å². The second-order valence-corrected chi connectivity index (χ2v) is 4.60. The first-order chi connectivity index (χ1) is 8.58. The normalized spacial score (nSPS) is 10.1. The van der Waals surface area contributed by atoms with Gasteiger partial charge in [-0.1, -0.05) is 29.9 Å². The molecule has 2 aromatic rings. The number of aryl methyl sites for hydroxylation is 1. The Kier molecular flexibility index (Phi) is 3.58. The minimum absolute atomic E-state index is 0.319. The minimum atomic E-state index is 0.319. The maximum atomic E-state index is 5.52. The van der Waals surface area contributed by atoms with E-state index < -0.39 is 0 Å². The summed E-state index contributed by atoms with van der Waals surface area (Å²) in [6.07, 6.45) is 1.77. The number of benzene rings is 1. The molecule has 3 nitrogen and oxygen atoms in total. The monoisotopic (exact) mass is 257 g/mol. The van der Waals surface area contributed by atoms with E-state index in [9.17, 15) is 0 Å². The van der Waals surface area contributed by atoms with E-state index in [1.54, 1.807) is 6.20 Å². The van der Waals surface area contributed by atoms with Crippen molar-refractivity contribution in [3.05, 3.63) is 53.9 Å². The number of aromatic nitrogens is 1. The molecule has 2 rings (SSSR count). The van der Waals surface area contributed by atoms with Crippen LogP contribution in [0, 0.1) is 6.92 Å². The number of rotatable bonds is 3. The number of pyridine rings is 1. The molecule has 92 valence electrons. The van der Waals surface area contributed by atoms with E-state index >= 15 is 0 Å². The minimum Gasteiger partial charge on any atom is -0.388 e. The van der Waals surface area contributed by atoms with Gasteiger partial charge in [0, 0.05) is 12.7 Å². The van der Waals surface area contributed by atoms with Crippen molar-refractivity contribution >= 4 is 28.6 Å². The van der Waals surface area contributed by atoms with Crippen molar-refractivity contribution in [1.82, 2.24) is 4.98 Å². The Balaban J connectivity index is 2.25. The van der Waals surface area contributed by atoms with Crippen LogP contribution in [0.15, 0.2) is 42.6 Å². The van der Waals surface area contributed by atoms with Gasteiger partial charge in [-0.25, -0.2) is 0 Å². The Morgan fingerprint density at radius 1 is 1.11 bits per heavy atom. The molecule has 0 fully saturated rings. The molecular formula is C14H15N3S. The van der Waals surface area contributed by atoms with Crippen LogP contribution < -0.4 is 10.6 Å². The van der Waals surface area contributed by atoms with Crippen LogP contribution >= 0.6 is 12.2 Å². The molecule has 1 aromatic heterocycles. The van der Waals surface area contributed by atoms with Crippen LogP contribution in [0.3, 0.4) is 0 Å². The topological polar surface area (TPSA) is 42.1 Å². The zero-order chi connectivity index (χ0) is 13.1.